The molecule has 0 unspecified atom stereocenters. The number of hydrogen-bond acceptors (Lipinski definition) is 7. The number of aromatic amines is 1. The number of nitrogens with one attached hydrogen (secondary N) is 1. The Kier molecular flexibility index (Phi) is 5.31. The van der Waals surface area contributed by atoms with E-state index in [1.165, 1.54) is 16.8 Å². The van der Waals surface area contributed by atoms with E-state index in [9.17, 15) is 14.4 Å². The van der Waals surface area contributed by atoms with Crippen LogP contribution in [0.4, 0.5) is 0 Å². The molecule has 170 valence electrons. The second-order valence-electron chi connectivity index (χ2n) is 8.62. The highest BCUT2D eigenvalue weighted by molar-refractivity contribution is 14.1. The molecule has 3 aliphatic rings. The van der Waals surface area contributed by atoms with Gasteiger partial charge in [-0.15, -0.1) is 0 Å². The summed E-state index contributed by atoms with van der Waals surface area (Å²) in [7, 11) is 0. The third kappa shape index (κ3) is 3.53. The van der Waals surface area contributed by atoms with Gasteiger partial charge in [-0.3, -0.25) is 14.3 Å². The first-order valence-corrected chi connectivity index (χ1v) is 11.6. The maximum absolute atomic E-state index is 12.6. The Morgan fingerprint density at radius 3 is 2.59 bits per heavy atom. The number of aromatic nitrogens is 2. The number of H-pyrrole nitrogens is 1. The van der Waals surface area contributed by atoms with Crippen LogP contribution in [0.15, 0.2) is 52.2 Å². The van der Waals surface area contributed by atoms with Crippen molar-refractivity contribution in [3.05, 3.63) is 69.0 Å². The molecule has 0 amide bonds. The second kappa shape index (κ2) is 7.79. The van der Waals surface area contributed by atoms with Crippen molar-refractivity contribution in [1.29, 1.82) is 0 Å². The van der Waals surface area contributed by atoms with Gasteiger partial charge in [0.1, 0.15) is 18.3 Å². The Bertz CT molecular complexity index is 1140. The maximum Gasteiger partial charge on any atom is 0.338 e. The van der Waals surface area contributed by atoms with E-state index in [1.54, 1.807) is 24.3 Å². The van der Waals surface area contributed by atoms with E-state index in [0.29, 0.717) is 5.56 Å². The van der Waals surface area contributed by atoms with E-state index >= 15 is 0 Å². The fourth-order valence-electron chi connectivity index (χ4n) is 4.88. The predicted octanol–water partition coefficient (Wildman–Crippen LogP) is 2.50. The molecule has 1 aromatic carbocycles. The van der Waals surface area contributed by atoms with Crippen LogP contribution in [-0.4, -0.2) is 43.2 Å². The van der Waals surface area contributed by atoms with E-state index in [4.69, 9.17) is 18.9 Å². The van der Waals surface area contributed by atoms with Crippen molar-refractivity contribution < 1.29 is 23.7 Å². The highest BCUT2D eigenvalue weighted by atomic mass is 127. The lowest BCUT2D eigenvalue weighted by atomic mass is 9.96. The third-order valence-electron chi connectivity index (χ3n) is 6.33. The number of esters is 1. The Morgan fingerprint density at radius 1 is 1.19 bits per heavy atom. The molecule has 1 N–H and O–H groups in total. The molecular formula is C22H23IN2O7. The van der Waals surface area contributed by atoms with Gasteiger partial charge in [0.15, 0.2) is 15.6 Å². The highest BCUT2D eigenvalue weighted by Crippen LogP contribution is 2.60. The SMILES string of the molecule is C[C@@]12OC3(CCCC3)O[C@@H]1[C@@](I)(COC(=O)c1ccccc1)O[C@H]2n1ccc(=O)[nH]c1=O. The quantitative estimate of drug-likeness (QED) is 0.352. The monoisotopic (exact) mass is 554 g/mol. The predicted molar refractivity (Wildman–Crippen MR) is 120 cm³/mol. The molecular weight excluding hydrogens is 531 g/mol. The minimum absolute atomic E-state index is 0.102. The van der Waals surface area contributed by atoms with E-state index < -0.39 is 44.5 Å². The van der Waals surface area contributed by atoms with E-state index in [0.717, 1.165) is 25.7 Å². The van der Waals surface area contributed by atoms with Crippen LogP contribution in [0.2, 0.25) is 0 Å². The van der Waals surface area contributed by atoms with Gasteiger partial charge in [0.25, 0.3) is 5.56 Å². The Balaban J connectivity index is 1.48. The van der Waals surface area contributed by atoms with Crippen molar-refractivity contribution in [3.8, 4) is 0 Å². The molecule has 1 saturated carbocycles. The van der Waals surface area contributed by atoms with Crippen molar-refractivity contribution in [1.82, 2.24) is 9.55 Å². The van der Waals surface area contributed by atoms with Gasteiger partial charge >= 0.3 is 11.7 Å². The zero-order valence-corrected chi connectivity index (χ0v) is 19.6. The van der Waals surface area contributed by atoms with Gasteiger partial charge in [-0.1, -0.05) is 18.2 Å². The van der Waals surface area contributed by atoms with E-state index in [-0.39, 0.29) is 6.61 Å². The van der Waals surface area contributed by atoms with Gasteiger partial charge in [-0.25, -0.2) is 9.59 Å². The molecule has 2 aliphatic heterocycles. The highest BCUT2D eigenvalue weighted by Gasteiger charge is 2.72. The van der Waals surface area contributed by atoms with Crippen molar-refractivity contribution >= 4 is 28.6 Å². The fourth-order valence-corrected chi connectivity index (χ4v) is 6.02. The summed E-state index contributed by atoms with van der Waals surface area (Å²) in [5.74, 6) is -1.24. The summed E-state index contributed by atoms with van der Waals surface area (Å²) in [6.45, 7) is 1.74. The Hall–Kier alpha value is -2.02. The van der Waals surface area contributed by atoms with Crippen LogP contribution < -0.4 is 11.2 Å². The maximum atomic E-state index is 12.6. The largest absolute Gasteiger partial charge is 0.458 e. The van der Waals surface area contributed by atoms with Crippen molar-refractivity contribution in [2.45, 2.75) is 59.9 Å². The smallest absolute Gasteiger partial charge is 0.338 e. The number of carbonyl (C=O) groups excluding carboxylic acids is 1. The summed E-state index contributed by atoms with van der Waals surface area (Å²) in [5.41, 5.74) is -1.72. The van der Waals surface area contributed by atoms with Crippen molar-refractivity contribution in [2.24, 2.45) is 0 Å². The van der Waals surface area contributed by atoms with Gasteiger partial charge in [0.05, 0.1) is 5.56 Å². The molecule has 4 atom stereocenters. The van der Waals surface area contributed by atoms with Gasteiger partial charge < -0.3 is 18.9 Å². The molecule has 0 radical (unpaired) electrons. The number of nitrogens with zero attached hydrogens (tertiary/aromatic N) is 1. The van der Waals surface area contributed by atoms with E-state index in [1.807, 2.05) is 13.0 Å². The molecule has 10 heteroatoms. The molecule has 2 aromatic rings. The van der Waals surface area contributed by atoms with Crippen LogP contribution in [-0.2, 0) is 18.9 Å². The molecule has 9 nitrogen and oxygen atoms in total. The van der Waals surface area contributed by atoms with Crippen LogP contribution in [0.3, 0.4) is 0 Å². The standard InChI is InChI=1S/C22H23IN2O7/c1-20-17(30-21(32-20)10-5-6-11-21)22(23,13-29-16(27)14-7-3-2-4-8-14)31-18(20)25-12-9-15(26)24-19(25)28/h2-4,7-9,12,17-18H,5-6,10-11,13H2,1H3,(H,24,26,28)/t17-,18+,20+,22+/m0/s1. The normalized spacial score (nSPS) is 32.8. The Labute approximate surface area is 197 Å². The molecule has 3 fully saturated rings. The van der Waals surface area contributed by atoms with Crippen LogP contribution in [0.25, 0.3) is 0 Å². The lowest BCUT2D eigenvalue weighted by Crippen LogP contribution is -2.47. The number of benzene rings is 1. The zero-order chi connectivity index (χ0) is 22.6. The van der Waals surface area contributed by atoms with E-state index in [2.05, 4.69) is 27.6 Å². The minimum atomic E-state index is -1.11. The van der Waals surface area contributed by atoms with Crippen LogP contribution in [0.5, 0.6) is 0 Å². The number of rotatable bonds is 4. The number of fused-ring (bicyclic) bond motifs is 1. The van der Waals surface area contributed by atoms with Gasteiger partial charge in [0, 0.05) is 25.1 Å². The summed E-state index contributed by atoms with van der Waals surface area (Å²) in [5, 5.41) is 0. The summed E-state index contributed by atoms with van der Waals surface area (Å²) in [6, 6.07) is 9.94. The summed E-state index contributed by atoms with van der Waals surface area (Å²) >= 11 is 2.08. The van der Waals surface area contributed by atoms with Crippen molar-refractivity contribution in [3.63, 3.8) is 0 Å². The van der Waals surface area contributed by atoms with Crippen molar-refractivity contribution in [2.75, 3.05) is 6.61 Å². The summed E-state index contributed by atoms with van der Waals surface area (Å²) < 4.78 is 25.1. The van der Waals surface area contributed by atoms with Crippen LogP contribution in [0, 0.1) is 0 Å². The lowest BCUT2D eigenvalue weighted by molar-refractivity contribution is -0.235. The molecule has 1 aromatic heterocycles. The number of halogens is 1. The molecule has 3 heterocycles. The zero-order valence-electron chi connectivity index (χ0n) is 17.4. The number of carbonyl (C=O) groups is 1. The first kappa shape index (κ1) is 21.8. The topological polar surface area (TPSA) is 109 Å². The molecule has 5 rings (SSSR count). The summed E-state index contributed by atoms with van der Waals surface area (Å²) in [6.07, 6.45) is 3.32. The number of hydrogen-bond donors (Lipinski definition) is 1. The molecule has 1 spiro atoms. The molecule has 0 bridgehead atoms. The third-order valence-corrected chi connectivity index (χ3v) is 7.46. The van der Waals surface area contributed by atoms with Crippen LogP contribution in [0.1, 0.15) is 49.2 Å². The second-order valence-corrected chi connectivity index (χ2v) is 10.4. The van der Waals surface area contributed by atoms with Gasteiger partial charge in [-0.05, 0) is 54.5 Å². The minimum Gasteiger partial charge on any atom is -0.458 e. The molecule has 32 heavy (non-hydrogen) atoms. The average Bonchev–Trinajstić information content (AvgIpc) is 3.41. The van der Waals surface area contributed by atoms with Crippen LogP contribution >= 0.6 is 22.6 Å². The molecule has 1 aliphatic carbocycles. The first-order chi connectivity index (χ1) is 15.2. The number of alkyl halides is 1. The number of ether oxygens (including phenoxy) is 4. The summed E-state index contributed by atoms with van der Waals surface area (Å²) in [4.78, 5) is 39.0. The lowest BCUT2D eigenvalue weighted by Gasteiger charge is -2.32. The van der Waals surface area contributed by atoms with Gasteiger partial charge in [0.2, 0.25) is 0 Å². The Morgan fingerprint density at radius 2 is 1.91 bits per heavy atom. The molecule has 2 saturated heterocycles. The van der Waals surface area contributed by atoms with Gasteiger partial charge in [-0.2, -0.15) is 0 Å². The first-order valence-electron chi connectivity index (χ1n) is 10.5. The average molecular weight is 554 g/mol. The fraction of sp³-hybridized carbons (Fsp3) is 0.500.